The fourth-order valence-electron chi connectivity index (χ4n) is 2.67. The molecule has 0 fully saturated rings. The van der Waals surface area contributed by atoms with Gasteiger partial charge in [0.2, 0.25) is 5.91 Å². The van der Waals surface area contributed by atoms with Crippen LogP contribution in [0.25, 0.3) is 0 Å². The van der Waals surface area contributed by atoms with Crippen molar-refractivity contribution < 1.29 is 13.2 Å². The number of amides is 1. The van der Waals surface area contributed by atoms with Crippen LogP contribution in [0.1, 0.15) is 12.5 Å². The summed E-state index contributed by atoms with van der Waals surface area (Å²) in [6, 6.07) is 11.3. The largest absolute Gasteiger partial charge is 0.310 e. The lowest BCUT2D eigenvalue weighted by Gasteiger charge is -2.19. The summed E-state index contributed by atoms with van der Waals surface area (Å²) in [6.07, 6.45) is 0.714. The Labute approximate surface area is 139 Å². The maximum Gasteiger partial charge on any atom is 0.261 e. The third kappa shape index (κ3) is 3.04. The Bertz CT molecular complexity index is 863. The average Bonchev–Trinajstić information content (AvgIpc) is 2.92. The number of benzene rings is 2. The zero-order chi connectivity index (χ0) is 16.6. The summed E-state index contributed by atoms with van der Waals surface area (Å²) in [5, 5.41) is 0.465. The van der Waals surface area contributed by atoms with Crippen molar-refractivity contribution in [2.45, 2.75) is 18.2 Å². The molecule has 0 saturated heterocycles. The van der Waals surface area contributed by atoms with Crippen LogP contribution in [0.15, 0.2) is 47.4 Å². The van der Waals surface area contributed by atoms with Gasteiger partial charge in [-0.25, -0.2) is 8.42 Å². The summed E-state index contributed by atoms with van der Waals surface area (Å²) in [4.78, 5) is 13.5. The quantitative estimate of drug-likeness (QED) is 0.925. The van der Waals surface area contributed by atoms with E-state index in [1.54, 1.807) is 17.0 Å². The topological polar surface area (TPSA) is 66.5 Å². The molecule has 1 aliphatic heterocycles. The molecule has 2 aromatic carbocycles. The molecule has 3 rings (SSSR count). The molecule has 0 aromatic heterocycles. The van der Waals surface area contributed by atoms with Crippen LogP contribution in [0.4, 0.5) is 11.4 Å². The first kappa shape index (κ1) is 15.8. The number of halogens is 1. The standard InChI is InChI=1S/C16H15ClN2O3S/c1-11(20)19-10-9-12-3-2-4-15(16(12)19)18-23(21,22)14-7-5-13(17)6-8-14/h2-8,18H,9-10H2,1H3. The fraction of sp³-hybridized carbons (Fsp3) is 0.188. The Morgan fingerprint density at radius 2 is 1.87 bits per heavy atom. The normalized spacial score (nSPS) is 13.7. The molecule has 0 bridgehead atoms. The van der Waals surface area contributed by atoms with E-state index in [-0.39, 0.29) is 10.8 Å². The molecule has 1 amide bonds. The minimum atomic E-state index is -3.75. The second-order valence-corrected chi connectivity index (χ2v) is 7.41. The summed E-state index contributed by atoms with van der Waals surface area (Å²) in [5.74, 6) is -0.109. The molecule has 7 heteroatoms. The van der Waals surface area contributed by atoms with Crippen molar-refractivity contribution in [3.05, 3.63) is 53.1 Å². The third-order valence-corrected chi connectivity index (χ3v) is 5.38. The highest BCUT2D eigenvalue weighted by Gasteiger charge is 2.27. The monoisotopic (exact) mass is 350 g/mol. The summed E-state index contributed by atoms with van der Waals surface area (Å²) in [5.41, 5.74) is 2.00. The molecule has 1 N–H and O–H groups in total. The van der Waals surface area contributed by atoms with Gasteiger partial charge in [0.25, 0.3) is 10.0 Å². The van der Waals surface area contributed by atoms with Crippen LogP contribution < -0.4 is 9.62 Å². The molecular weight excluding hydrogens is 336 g/mol. The second-order valence-electron chi connectivity index (χ2n) is 5.29. The number of fused-ring (bicyclic) bond motifs is 1. The minimum Gasteiger partial charge on any atom is -0.310 e. The molecule has 5 nitrogen and oxygen atoms in total. The second kappa shape index (κ2) is 5.86. The van der Waals surface area contributed by atoms with Crippen LogP contribution >= 0.6 is 11.6 Å². The Hall–Kier alpha value is -2.05. The maximum atomic E-state index is 12.5. The van der Waals surface area contributed by atoms with Gasteiger partial charge in [-0.1, -0.05) is 23.7 Å². The van der Waals surface area contributed by atoms with E-state index in [4.69, 9.17) is 11.6 Å². The molecule has 1 aliphatic rings. The Kier molecular flexibility index (Phi) is 4.04. The number of sulfonamides is 1. The Balaban J connectivity index is 2.00. The van der Waals surface area contributed by atoms with Gasteiger partial charge >= 0.3 is 0 Å². The van der Waals surface area contributed by atoms with E-state index < -0.39 is 10.0 Å². The van der Waals surface area contributed by atoms with E-state index in [0.717, 1.165) is 5.56 Å². The minimum absolute atomic E-state index is 0.109. The van der Waals surface area contributed by atoms with E-state index in [1.165, 1.54) is 31.2 Å². The van der Waals surface area contributed by atoms with E-state index in [0.29, 0.717) is 29.4 Å². The molecule has 0 radical (unpaired) electrons. The van der Waals surface area contributed by atoms with Crippen molar-refractivity contribution in [2.75, 3.05) is 16.2 Å². The van der Waals surface area contributed by atoms with Crippen LogP contribution in [0, 0.1) is 0 Å². The van der Waals surface area contributed by atoms with Crippen molar-refractivity contribution in [1.82, 2.24) is 0 Å². The first-order valence-electron chi connectivity index (χ1n) is 7.07. The first-order valence-corrected chi connectivity index (χ1v) is 8.93. The number of hydrogen-bond acceptors (Lipinski definition) is 3. The predicted octanol–water partition coefficient (Wildman–Crippen LogP) is 3.05. The van der Waals surface area contributed by atoms with Gasteiger partial charge in [-0.2, -0.15) is 0 Å². The summed E-state index contributed by atoms with van der Waals surface area (Å²) >= 11 is 5.79. The summed E-state index contributed by atoms with van der Waals surface area (Å²) in [7, 11) is -3.75. The number of rotatable bonds is 3. The number of nitrogens with zero attached hydrogens (tertiary/aromatic N) is 1. The van der Waals surface area contributed by atoms with Crippen molar-refractivity contribution in [2.24, 2.45) is 0 Å². The van der Waals surface area contributed by atoms with Crippen molar-refractivity contribution in [3.8, 4) is 0 Å². The van der Waals surface area contributed by atoms with Gasteiger partial charge in [0.15, 0.2) is 0 Å². The molecule has 23 heavy (non-hydrogen) atoms. The molecule has 0 atom stereocenters. The highest BCUT2D eigenvalue weighted by atomic mass is 35.5. The number of anilines is 2. The average molecular weight is 351 g/mol. The third-order valence-electron chi connectivity index (χ3n) is 3.74. The molecule has 0 unspecified atom stereocenters. The predicted molar refractivity (Wildman–Crippen MR) is 90.4 cm³/mol. The highest BCUT2D eigenvalue weighted by Crippen LogP contribution is 2.36. The summed E-state index contributed by atoms with van der Waals surface area (Å²) in [6.45, 7) is 2.03. The van der Waals surface area contributed by atoms with Crippen molar-refractivity contribution >= 4 is 38.9 Å². The van der Waals surface area contributed by atoms with Crippen LogP contribution in [0.3, 0.4) is 0 Å². The van der Waals surface area contributed by atoms with E-state index >= 15 is 0 Å². The van der Waals surface area contributed by atoms with Crippen LogP contribution in [0.2, 0.25) is 5.02 Å². The fourth-order valence-corrected chi connectivity index (χ4v) is 3.86. The van der Waals surface area contributed by atoms with Crippen molar-refractivity contribution in [3.63, 3.8) is 0 Å². The molecule has 0 spiro atoms. The maximum absolute atomic E-state index is 12.5. The van der Waals surface area contributed by atoms with E-state index in [2.05, 4.69) is 4.72 Å². The van der Waals surface area contributed by atoms with Crippen molar-refractivity contribution in [1.29, 1.82) is 0 Å². The number of nitrogens with one attached hydrogen (secondary N) is 1. The van der Waals surface area contributed by atoms with Crippen LogP contribution in [-0.2, 0) is 21.2 Å². The number of carbonyl (C=O) groups excluding carboxylic acids is 1. The Morgan fingerprint density at radius 3 is 2.52 bits per heavy atom. The van der Waals surface area contributed by atoms with Crippen LogP contribution in [-0.4, -0.2) is 20.9 Å². The van der Waals surface area contributed by atoms with E-state index in [9.17, 15) is 13.2 Å². The van der Waals surface area contributed by atoms with Gasteiger partial charge in [0.1, 0.15) is 0 Å². The molecular formula is C16H15ClN2O3S. The van der Waals surface area contributed by atoms with Gasteiger partial charge in [0.05, 0.1) is 16.3 Å². The Morgan fingerprint density at radius 1 is 1.17 bits per heavy atom. The zero-order valence-electron chi connectivity index (χ0n) is 12.4. The van der Waals surface area contributed by atoms with Gasteiger partial charge in [-0.05, 0) is 42.3 Å². The number of hydrogen-bond donors (Lipinski definition) is 1. The van der Waals surface area contributed by atoms with Gasteiger partial charge < -0.3 is 4.90 Å². The van der Waals surface area contributed by atoms with Gasteiger partial charge in [0, 0.05) is 18.5 Å². The molecule has 0 aliphatic carbocycles. The van der Waals surface area contributed by atoms with E-state index in [1.807, 2.05) is 6.07 Å². The highest BCUT2D eigenvalue weighted by molar-refractivity contribution is 7.92. The van der Waals surface area contributed by atoms with Gasteiger partial charge in [-0.15, -0.1) is 0 Å². The summed E-state index contributed by atoms with van der Waals surface area (Å²) < 4.78 is 27.6. The molecule has 120 valence electrons. The lowest BCUT2D eigenvalue weighted by atomic mass is 10.1. The smallest absolute Gasteiger partial charge is 0.261 e. The lowest BCUT2D eigenvalue weighted by molar-refractivity contribution is -0.116. The first-order chi connectivity index (χ1) is 10.9. The van der Waals surface area contributed by atoms with Gasteiger partial charge in [-0.3, -0.25) is 9.52 Å². The number of para-hydroxylation sites is 1. The lowest BCUT2D eigenvalue weighted by Crippen LogP contribution is -2.27. The molecule has 1 heterocycles. The molecule has 2 aromatic rings. The zero-order valence-corrected chi connectivity index (χ0v) is 14.0. The SMILES string of the molecule is CC(=O)N1CCc2cccc(NS(=O)(=O)c3ccc(Cl)cc3)c21. The number of carbonyl (C=O) groups is 1. The van der Waals surface area contributed by atoms with Crippen LogP contribution in [0.5, 0.6) is 0 Å². The molecule has 0 saturated carbocycles.